The standard InChI is InChI=1S/C41H81N3O2.C26H48O4.C5H14N2.C5H13N.CH4/c1-5-7-9-21-28-38-32-33-39(29-22-17-14-16-20-26-37-46-43-34-27-35-44(3)4)41(40(38)30-23-10-8-6-2)31-24-18-13-11-12-15-19-25-36-45-42;1-23-19-20-25(17-13-9-6-8-12-16-22-30-28)26(24(23)2)18-14-10-5-3-4-7-11-15-21-29-27;1-7(2)5-3-4-6;1-4-5-6(2)3;/h24,31-33,38-41,43H,5-23,25-30,34-37,42H2,1-4H3;14,18-20,23-28H,3-13,15-17,21-22H2,1-2H3;3-6H2,1-2H3;4-5H2,1-3H3;1H4/b31-24+;18-14-;;;. The van der Waals surface area contributed by atoms with E-state index in [0.29, 0.717) is 37.6 Å². The van der Waals surface area contributed by atoms with Gasteiger partial charge in [-0.05, 0) is 212 Å². The van der Waals surface area contributed by atoms with Crippen molar-refractivity contribution in [2.75, 3.05) is 101 Å². The summed E-state index contributed by atoms with van der Waals surface area (Å²) in [5, 5.41) is 16.7. The molecule has 0 amide bonds. The van der Waals surface area contributed by atoms with Crippen LogP contribution in [0.4, 0.5) is 0 Å². The Hall–Kier alpha value is -1.52. The molecule has 0 radical (unpaired) electrons. The number of allylic oxidation sites excluding steroid dienone is 8. The average Bonchev–Trinajstić information content (AvgIpc) is 1.10. The van der Waals surface area contributed by atoms with E-state index in [1.165, 1.54) is 225 Å². The molecular formula is C78H160N6O6. The molecule has 0 fully saturated rings. The SMILES string of the molecule is C.CC1C=CC(CCCCCCCCOO)C(/C=C\CCCCCCCCOO)C1C.CCCCCCC1C=CC(CCCCCCCCONCCCN(C)C)C(/C=C/CCCCCCCCON)C1CCCCCC.CCCN(C)C.CN(C)CCCN. The Labute approximate surface area is 561 Å². The van der Waals surface area contributed by atoms with Crippen molar-refractivity contribution < 1.29 is 30.0 Å². The van der Waals surface area contributed by atoms with E-state index in [4.69, 9.17) is 31.8 Å². The van der Waals surface area contributed by atoms with Gasteiger partial charge < -0.3 is 30.1 Å². The molecule has 8 atom stereocenters. The second-order valence-corrected chi connectivity index (χ2v) is 27.7. The lowest BCUT2D eigenvalue weighted by atomic mass is 9.66. The molecule has 0 spiro atoms. The molecule has 0 bridgehead atoms. The van der Waals surface area contributed by atoms with E-state index in [1.54, 1.807) is 0 Å². The molecule has 0 saturated heterocycles. The number of nitrogens with zero attached hydrogens (tertiary/aromatic N) is 3. The summed E-state index contributed by atoms with van der Waals surface area (Å²) >= 11 is 0. The fourth-order valence-electron chi connectivity index (χ4n) is 12.8. The summed E-state index contributed by atoms with van der Waals surface area (Å²) in [4.78, 5) is 25.1. The van der Waals surface area contributed by atoms with Gasteiger partial charge in [0, 0.05) is 6.54 Å². The van der Waals surface area contributed by atoms with Gasteiger partial charge in [0.05, 0.1) is 26.4 Å². The highest BCUT2D eigenvalue weighted by atomic mass is 17.1. The van der Waals surface area contributed by atoms with Gasteiger partial charge in [0.15, 0.2) is 0 Å². The Bertz CT molecular complexity index is 1500. The molecular weight excluding hydrogens is 1120 g/mol. The van der Waals surface area contributed by atoms with E-state index in [9.17, 15) is 0 Å². The Balaban J connectivity index is -0.00000146. The quantitative estimate of drug-likeness (QED) is 0.0171. The Morgan fingerprint density at radius 1 is 0.422 bits per heavy atom. The van der Waals surface area contributed by atoms with Gasteiger partial charge in [-0.15, -0.1) is 0 Å². The van der Waals surface area contributed by atoms with Crippen molar-refractivity contribution in [2.45, 2.75) is 305 Å². The number of hydrogen-bond acceptors (Lipinski definition) is 12. The van der Waals surface area contributed by atoms with E-state index in [-0.39, 0.29) is 7.43 Å². The van der Waals surface area contributed by atoms with Gasteiger partial charge in [-0.1, -0.05) is 258 Å². The van der Waals surface area contributed by atoms with E-state index >= 15 is 0 Å². The molecule has 0 heterocycles. The third kappa shape index (κ3) is 61.4. The Morgan fingerprint density at radius 3 is 1.26 bits per heavy atom. The van der Waals surface area contributed by atoms with Crippen LogP contribution in [0.5, 0.6) is 0 Å². The fourth-order valence-corrected chi connectivity index (χ4v) is 12.8. The molecule has 0 aromatic carbocycles. The molecule has 2 aliphatic carbocycles. The normalized spacial score (nSPS) is 19.8. The third-order valence-corrected chi connectivity index (χ3v) is 18.5. The Kier molecular flexibility index (Phi) is 75.5. The van der Waals surface area contributed by atoms with E-state index in [1.807, 2.05) is 0 Å². The molecule has 2 aliphatic rings. The molecule has 538 valence electrons. The highest BCUT2D eigenvalue weighted by Crippen LogP contribution is 2.43. The zero-order valence-corrected chi connectivity index (χ0v) is 61.1. The monoisotopic (exact) mass is 1280 g/mol. The van der Waals surface area contributed by atoms with Gasteiger partial charge in [0.25, 0.3) is 0 Å². The van der Waals surface area contributed by atoms with Crippen LogP contribution in [0.25, 0.3) is 0 Å². The number of nitrogens with one attached hydrogen (secondary N) is 1. The first kappa shape index (κ1) is 92.7. The van der Waals surface area contributed by atoms with Gasteiger partial charge in [0.1, 0.15) is 0 Å². The maximum absolute atomic E-state index is 8.35. The van der Waals surface area contributed by atoms with Crippen molar-refractivity contribution in [3.8, 4) is 0 Å². The van der Waals surface area contributed by atoms with E-state index < -0.39 is 0 Å². The number of rotatable bonds is 58. The van der Waals surface area contributed by atoms with E-state index in [2.05, 4.69) is 155 Å². The van der Waals surface area contributed by atoms with Crippen molar-refractivity contribution in [3.05, 3.63) is 48.6 Å². The Morgan fingerprint density at radius 2 is 0.811 bits per heavy atom. The first-order valence-corrected chi connectivity index (χ1v) is 37.9. The van der Waals surface area contributed by atoms with Crippen LogP contribution >= 0.6 is 0 Å². The summed E-state index contributed by atoms with van der Waals surface area (Å²) in [6.07, 6.45) is 73.2. The largest absolute Gasteiger partial charge is 0.330 e. The van der Waals surface area contributed by atoms with Crippen LogP contribution in [0.2, 0.25) is 0 Å². The molecule has 7 N–H and O–H groups in total. The molecule has 0 aliphatic heterocycles. The van der Waals surface area contributed by atoms with E-state index in [0.717, 1.165) is 107 Å². The smallest absolute Gasteiger partial charge is 0.0819 e. The first-order chi connectivity index (χ1) is 43.4. The lowest BCUT2D eigenvalue weighted by Gasteiger charge is -2.39. The minimum absolute atomic E-state index is 0. The van der Waals surface area contributed by atoms with Crippen LogP contribution in [0, 0.1) is 47.3 Å². The summed E-state index contributed by atoms with van der Waals surface area (Å²) in [7, 11) is 12.5. The van der Waals surface area contributed by atoms with Crippen LogP contribution < -0.4 is 17.1 Å². The van der Waals surface area contributed by atoms with Crippen molar-refractivity contribution in [1.29, 1.82) is 0 Å². The fraction of sp³-hybridized carbons (Fsp3) is 0.897. The van der Waals surface area contributed by atoms with Gasteiger partial charge in [-0.3, -0.25) is 10.5 Å². The van der Waals surface area contributed by atoms with Crippen LogP contribution in [0.1, 0.15) is 305 Å². The van der Waals surface area contributed by atoms with Gasteiger partial charge in [0.2, 0.25) is 0 Å². The second-order valence-electron chi connectivity index (χ2n) is 27.7. The highest BCUT2D eigenvalue weighted by molar-refractivity contribution is 5.11. The van der Waals surface area contributed by atoms with Crippen molar-refractivity contribution >= 4 is 0 Å². The van der Waals surface area contributed by atoms with Gasteiger partial charge >= 0.3 is 0 Å². The molecule has 90 heavy (non-hydrogen) atoms. The number of nitrogens with two attached hydrogens (primary N) is 2. The number of unbranched alkanes of at least 4 members (excludes halogenated alkanes) is 28. The minimum atomic E-state index is 0. The highest BCUT2D eigenvalue weighted by Gasteiger charge is 2.34. The summed E-state index contributed by atoms with van der Waals surface area (Å²) in [5.41, 5.74) is 8.37. The number of hydrogen-bond donors (Lipinski definition) is 5. The lowest BCUT2D eigenvalue weighted by Crippen LogP contribution is -2.30. The molecule has 12 heteroatoms. The molecule has 0 saturated carbocycles. The third-order valence-electron chi connectivity index (χ3n) is 18.5. The summed E-state index contributed by atoms with van der Waals surface area (Å²) in [6.45, 7) is 19.3. The maximum Gasteiger partial charge on any atom is 0.0819 e. The second kappa shape index (κ2) is 73.3. The first-order valence-electron chi connectivity index (χ1n) is 37.9. The van der Waals surface area contributed by atoms with Gasteiger partial charge in [-0.2, -0.15) is 0 Å². The van der Waals surface area contributed by atoms with Crippen molar-refractivity contribution in [3.63, 3.8) is 0 Å². The van der Waals surface area contributed by atoms with Crippen LogP contribution in [-0.2, 0) is 19.5 Å². The average molecular weight is 1280 g/mol. The lowest BCUT2D eigenvalue weighted by molar-refractivity contribution is -0.242. The van der Waals surface area contributed by atoms with Gasteiger partial charge in [-0.25, -0.2) is 21.2 Å². The summed E-state index contributed by atoms with van der Waals surface area (Å²) < 4.78 is 0. The van der Waals surface area contributed by atoms with Crippen LogP contribution in [0.3, 0.4) is 0 Å². The molecule has 8 unspecified atom stereocenters. The zero-order chi connectivity index (χ0) is 65.9. The molecule has 12 nitrogen and oxygen atoms in total. The van der Waals surface area contributed by atoms with Crippen molar-refractivity contribution in [1.82, 2.24) is 20.2 Å². The molecule has 2 rings (SSSR count). The van der Waals surface area contributed by atoms with Crippen LogP contribution in [0.15, 0.2) is 48.6 Å². The maximum atomic E-state index is 8.35. The van der Waals surface area contributed by atoms with Crippen molar-refractivity contribution in [2.24, 2.45) is 59.0 Å². The molecule has 0 aromatic heterocycles. The predicted octanol–water partition coefficient (Wildman–Crippen LogP) is 20.9. The number of hydroxylamine groups is 1. The topological polar surface area (TPSA) is 151 Å². The van der Waals surface area contributed by atoms with Crippen LogP contribution in [-0.4, -0.2) is 127 Å². The molecule has 0 aromatic rings. The zero-order valence-electron chi connectivity index (χ0n) is 61.1. The predicted molar refractivity (Wildman–Crippen MR) is 395 cm³/mol. The summed E-state index contributed by atoms with van der Waals surface area (Å²) in [6, 6.07) is 0. The summed E-state index contributed by atoms with van der Waals surface area (Å²) in [5.74, 6) is 11.0. The minimum Gasteiger partial charge on any atom is -0.330 e.